The molecule has 3 heteroatoms. The zero-order valence-electron chi connectivity index (χ0n) is 9.87. The third-order valence-electron chi connectivity index (χ3n) is 3.11. The van der Waals surface area contributed by atoms with Crippen molar-refractivity contribution in [2.45, 2.75) is 38.3 Å². The van der Waals surface area contributed by atoms with Crippen LogP contribution >= 0.6 is 0 Å². The molecule has 2 atom stereocenters. The maximum atomic E-state index is 5.73. The van der Waals surface area contributed by atoms with Gasteiger partial charge in [0.25, 0.3) is 0 Å². The first kappa shape index (κ1) is 12.0. The van der Waals surface area contributed by atoms with Gasteiger partial charge in [0.1, 0.15) is 0 Å². The maximum absolute atomic E-state index is 5.73. The van der Waals surface area contributed by atoms with Crippen LogP contribution < -0.4 is 5.73 Å². The predicted octanol–water partition coefficient (Wildman–Crippen LogP) is 0.750. The topological polar surface area (TPSA) is 32.5 Å². The van der Waals surface area contributed by atoms with E-state index in [9.17, 15) is 0 Å². The number of likely N-dealkylation sites (N-methyl/N-ethyl adjacent to an activating group) is 1. The summed E-state index contributed by atoms with van der Waals surface area (Å²) in [6, 6.07) is 1.13. The van der Waals surface area contributed by atoms with E-state index in [-0.39, 0.29) is 0 Å². The molecule has 2 unspecified atom stereocenters. The Hall–Kier alpha value is -0.120. The molecule has 1 aliphatic rings. The second-order valence-electron chi connectivity index (χ2n) is 4.83. The first-order chi connectivity index (χ1) is 6.59. The summed E-state index contributed by atoms with van der Waals surface area (Å²) in [7, 11) is 4.35. The van der Waals surface area contributed by atoms with Crippen molar-refractivity contribution in [2.75, 3.05) is 33.7 Å². The van der Waals surface area contributed by atoms with Gasteiger partial charge in [-0.3, -0.25) is 0 Å². The standard InChI is InChI=1S/C11H25N3/c1-10(12)5-4-7-14-8-6-11(9-14)13(2)3/h10-11H,4-9,12H2,1-3H3. The Balaban J connectivity index is 2.10. The molecule has 14 heavy (non-hydrogen) atoms. The van der Waals surface area contributed by atoms with Gasteiger partial charge < -0.3 is 15.5 Å². The van der Waals surface area contributed by atoms with E-state index in [0.717, 1.165) is 12.5 Å². The molecule has 0 saturated carbocycles. The van der Waals surface area contributed by atoms with Crippen LogP contribution in [0.4, 0.5) is 0 Å². The van der Waals surface area contributed by atoms with Gasteiger partial charge in [0, 0.05) is 18.6 Å². The molecule has 0 aromatic rings. The van der Waals surface area contributed by atoms with Gasteiger partial charge in [-0.1, -0.05) is 0 Å². The third-order valence-corrected chi connectivity index (χ3v) is 3.11. The van der Waals surface area contributed by atoms with Gasteiger partial charge >= 0.3 is 0 Å². The maximum Gasteiger partial charge on any atom is 0.0229 e. The van der Waals surface area contributed by atoms with Gasteiger partial charge in [0.05, 0.1) is 0 Å². The van der Waals surface area contributed by atoms with E-state index in [1.54, 1.807) is 0 Å². The normalized spacial score (nSPS) is 25.9. The Labute approximate surface area is 88.2 Å². The van der Waals surface area contributed by atoms with Crippen molar-refractivity contribution in [3.05, 3.63) is 0 Å². The minimum Gasteiger partial charge on any atom is -0.328 e. The molecule has 1 heterocycles. The third kappa shape index (κ3) is 3.95. The van der Waals surface area contributed by atoms with Crippen molar-refractivity contribution >= 4 is 0 Å². The molecule has 0 aromatic carbocycles. The zero-order valence-corrected chi connectivity index (χ0v) is 9.87. The van der Waals surface area contributed by atoms with Crippen LogP contribution in [0.3, 0.4) is 0 Å². The molecule has 1 aliphatic heterocycles. The fourth-order valence-corrected chi connectivity index (χ4v) is 2.07. The van der Waals surface area contributed by atoms with E-state index in [2.05, 4.69) is 30.8 Å². The summed E-state index contributed by atoms with van der Waals surface area (Å²) in [4.78, 5) is 4.90. The molecule has 0 aliphatic carbocycles. The molecular weight excluding hydrogens is 174 g/mol. The van der Waals surface area contributed by atoms with Crippen molar-refractivity contribution < 1.29 is 0 Å². The molecule has 84 valence electrons. The Morgan fingerprint density at radius 3 is 2.71 bits per heavy atom. The summed E-state index contributed by atoms with van der Waals surface area (Å²) < 4.78 is 0. The Morgan fingerprint density at radius 1 is 1.50 bits per heavy atom. The Bertz CT molecular complexity index is 157. The number of hydrogen-bond donors (Lipinski definition) is 1. The number of hydrogen-bond acceptors (Lipinski definition) is 3. The molecule has 1 rings (SSSR count). The van der Waals surface area contributed by atoms with Crippen LogP contribution in [0.2, 0.25) is 0 Å². The summed E-state index contributed by atoms with van der Waals surface area (Å²) >= 11 is 0. The second kappa shape index (κ2) is 5.69. The molecule has 0 amide bonds. The largest absolute Gasteiger partial charge is 0.328 e. The lowest BCUT2D eigenvalue weighted by molar-refractivity contribution is 0.265. The van der Waals surface area contributed by atoms with Gasteiger partial charge in [-0.25, -0.2) is 0 Å². The van der Waals surface area contributed by atoms with E-state index >= 15 is 0 Å². The molecule has 0 spiro atoms. The van der Waals surface area contributed by atoms with E-state index in [1.807, 2.05) is 0 Å². The van der Waals surface area contributed by atoms with E-state index in [0.29, 0.717) is 6.04 Å². The van der Waals surface area contributed by atoms with Crippen LogP contribution in [0, 0.1) is 0 Å². The highest BCUT2D eigenvalue weighted by Gasteiger charge is 2.22. The Morgan fingerprint density at radius 2 is 2.21 bits per heavy atom. The van der Waals surface area contributed by atoms with Crippen LogP contribution in [0.15, 0.2) is 0 Å². The lowest BCUT2D eigenvalue weighted by Gasteiger charge is -2.20. The molecule has 0 bridgehead atoms. The highest BCUT2D eigenvalue weighted by atomic mass is 15.2. The molecule has 0 radical (unpaired) electrons. The highest BCUT2D eigenvalue weighted by Crippen LogP contribution is 2.13. The summed E-state index contributed by atoms with van der Waals surface area (Å²) in [5.74, 6) is 0. The van der Waals surface area contributed by atoms with Crippen LogP contribution in [-0.4, -0.2) is 55.6 Å². The van der Waals surface area contributed by atoms with Crippen molar-refractivity contribution in [3.63, 3.8) is 0 Å². The minimum absolute atomic E-state index is 0.363. The van der Waals surface area contributed by atoms with Crippen LogP contribution in [-0.2, 0) is 0 Å². The van der Waals surface area contributed by atoms with Gasteiger partial charge in [-0.05, 0) is 53.4 Å². The number of rotatable bonds is 5. The SMILES string of the molecule is CC(N)CCCN1CCC(N(C)C)C1. The molecule has 1 fully saturated rings. The van der Waals surface area contributed by atoms with Crippen LogP contribution in [0.25, 0.3) is 0 Å². The molecule has 3 nitrogen and oxygen atoms in total. The predicted molar refractivity (Wildman–Crippen MR) is 61.4 cm³/mol. The van der Waals surface area contributed by atoms with E-state index < -0.39 is 0 Å². The van der Waals surface area contributed by atoms with E-state index in [4.69, 9.17) is 5.73 Å². The summed E-state index contributed by atoms with van der Waals surface area (Å²) in [5, 5.41) is 0. The van der Waals surface area contributed by atoms with Crippen LogP contribution in [0.1, 0.15) is 26.2 Å². The average molecular weight is 199 g/mol. The van der Waals surface area contributed by atoms with Crippen LogP contribution in [0.5, 0.6) is 0 Å². The Kier molecular flexibility index (Phi) is 4.85. The lowest BCUT2D eigenvalue weighted by Crippen LogP contribution is -2.32. The molecule has 0 aromatic heterocycles. The number of likely N-dealkylation sites (tertiary alicyclic amines) is 1. The van der Waals surface area contributed by atoms with E-state index in [1.165, 1.54) is 32.5 Å². The second-order valence-corrected chi connectivity index (χ2v) is 4.83. The van der Waals surface area contributed by atoms with Crippen molar-refractivity contribution in [1.82, 2.24) is 9.80 Å². The lowest BCUT2D eigenvalue weighted by atomic mass is 10.2. The average Bonchev–Trinajstić information content (AvgIpc) is 2.52. The fourth-order valence-electron chi connectivity index (χ4n) is 2.07. The van der Waals surface area contributed by atoms with Crippen molar-refractivity contribution in [2.24, 2.45) is 5.73 Å². The van der Waals surface area contributed by atoms with Gasteiger partial charge in [-0.15, -0.1) is 0 Å². The molecule has 1 saturated heterocycles. The smallest absolute Gasteiger partial charge is 0.0229 e. The van der Waals surface area contributed by atoms with Gasteiger partial charge in [0.15, 0.2) is 0 Å². The quantitative estimate of drug-likeness (QED) is 0.709. The van der Waals surface area contributed by atoms with Crippen molar-refractivity contribution in [1.29, 1.82) is 0 Å². The molecular formula is C11H25N3. The molecule has 2 N–H and O–H groups in total. The first-order valence-electron chi connectivity index (χ1n) is 5.74. The van der Waals surface area contributed by atoms with Gasteiger partial charge in [-0.2, -0.15) is 0 Å². The fraction of sp³-hybridized carbons (Fsp3) is 1.00. The number of nitrogens with zero attached hydrogens (tertiary/aromatic N) is 2. The summed E-state index contributed by atoms with van der Waals surface area (Å²) in [6.07, 6.45) is 3.73. The summed E-state index contributed by atoms with van der Waals surface area (Å²) in [5.41, 5.74) is 5.73. The summed E-state index contributed by atoms with van der Waals surface area (Å²) in [6.45, 7) is 5.83. The first-order valence-corrected chi connectivity index (χ1v) is 5.74. The monoisotopic (exact) mass is 199 g/mol. The number of nitrogens with two attached hydrogens (primary N) is 1. The van der Waals surface area contributed by atoms with Gasteiger partial charge in [0.2, 0.25) is 0 Å². The van der Waals surface area contributed by atoms with Crippen molar-refractivity contribution in [3.8, 4) is 0 Å². The zero-order chi connectivity index (χ0) is 10.6. The highest BCUT2D eigenvalue weighted by molar-refractivity contribution is 4.80. The minimum atomic E-state index is 0.363.